The van der Waals surface area contributed by atoms with E-state index in [1.54, 1.807) is 36.4 Å². The molecule has 0 heterocycles. The Morgan fingerprint density at radius 2 is 0.947 bits per heavy atom. The van der Waals surface area contributed by atoms with Crippen LogP contribution in [-0.2, 0) is 61.4 Å². The van der Waals surface area contributed by atoms with Crippen LogP contribution in [0.25, 0.3) is 0 Å². The average Bonchev–Trinajstić information content (AvgIpc) is 3.91. The van der Waals surface area contributed by atoms with Gasteiger partial charge in [-0.3, -0.25) is 9.59 Å². The van der Waals surface area contributed by atoms with Gasteiger partial charge >= 0.3 is 0 Å². The van der Waals surface area contributed by atoms with E-state index in [2.05, 4.69) is 29.9 Å². The van der Waals surface area contributed by atoms with Gasteiger partial charge in [-0.15, -0.1) is 0 Å². The van der Waals surface area contributed by atoms with Crippen LogP contribution in [0.1, 0.15) is 40.9 Å². The second kappa shape index (κ2) is 28.7. The van der Waals surface area contributed by atoms with E-state index >= 15 is 0 Å². The van der Waals surface area contributed by atoms with Gasteiger partial charge in [0.1, 0.15) is 29.8 Å². The molecule has 4 aromatic carbocycles. The molecular weight excluding hydrogens is 1100 g/mol. The molecule has 25 heteroatoms. The Bertz CT molecular complexity index is 2760. The third kappa shape index (κ3) is 17.6. The van der Waals surface area contributed by atoms with E-state index in [0.29, 0.717) is 44.4 Å². The van der Waals surface area contributed by atoms with Crippen molar-refractivity contribution in [1.29, 1.82) is 0 Å². The number of ether oxygens (including phenoxy) is 6. The maximum absolute atomic E-state index is 12.9. The summed E-state index contributed by atoms with van der Waals surface area (Å²) in [6, 6.07) is 19.4. The van der Waals surface area contributed by atoms with Gasteiger partial charge in [0.15, 0.2) is 0 Å². The van der Waals surface area contributed by atoms with Crippen molar-refractivity contribution in [3.63, 3.8) is 0 Å². The number of carbonyl (C=O) groups excluding carboxylic acids is 2. The van der Waals surface area contributed by atoms with E-state index in [0.717, 1.165) is 22.3 Å². The van der Waals surface area contributed by atoms with Crippen LogP contribution in [-0.4, -0.2) is 169 Å². The largest absolute Gasteiger partial charge is 0.484 e. The van der Waals surface area contributed by atoms with Crippen LogP contribution in [0, 0.1) is 0 Å². The van der Waals surface area contributed by atoms with E-state index in [-0.39, 0.29) is 113 Å². The number of likely N-dealkylation sites (N-methyl/N-ethyl adjacent to an activating group) is 2. The van der Waals surface area contributed by atoms with Crippen molar-refractivity contribution >= 4 is 78.3 Å². The molecule has 1 unspecified atom stereocenters. The van der Waals surface area contributed by atoms with E-state index in [1.165, 1.54) is 24.3 Å². The molecule has 4 aromatic rings. The molecule has 0 saturated carbocycles. The van der Waals surface area contributed by atoms with E-state index in [9.17, 15) is 31.5 Å². The first-order valence-electron chi connectivity index (χ1n) is 24.1. The van der Waals surface area contributed by atoms with Crippen LogP contribution in [0.3, 0.4) is 0 Å². The smallest absolute Gasteiger partial charge is 0.249 e. The minimum Gasteiger partial charge on any atom is -0.484 e. The number of carbonyl (C=O) groups is 2. The molecule has 0 radical (unpaired) electrons. The second-order valence-corrected chi connectivity index (χ2v) is 23.2. The average molecular weight is 1160 g/mol. The molecule has 2 aliphatic rings. The fraction of sp³-hybridized carbons (Fsp3) is 0.480. The highest BCUT2D eigenvalue weighted by Crippen LogP contribution is 2.43. The zero-order chi connectivity index (χ0) is 54.3. The van der Waals surface area contributed by atoms with Gasteiger partial charge < -0.3 is 54.0 Å². The third-order valence-corrected chi connectivity index (χ3v) is 16.3. The zero-order valence-corrected chi connectivity index (χ0v) is 46.6. The number of nitrogens with zero attached hydrogens (tertiary/aromatic N) is 2. The molecule has 0 aromatic heterocycles. The Morgan fingerprint density at radius 3 is 1.33 bits per heavy atom. The lowest BCUT2D eigenvalue weighted by atomic mass is 10.1. The minimum absolute atomic E-state index is 0.00376. The first kappa shape index (κ1) is 60.4. The van der Waals surface area contributed by atoms with Crippen LogP contribution >= 0.6 is 46.4 Å². The predicted octanol–water partition coefficient (Wildman–Crippen LogP) is 4.82. The molecule has 0 saturated heterocycles. The summed E-state index contributed by atoms with van der Waals surface area (Å²) >= 11 is 25.5. The molecule has 5 atom stereocenters. The number of rotatable bonds is 31. The molecule has 75 heavy (non-hydrogen) atoms. The lowest BCUT2D eigenvalue weighted by Gasteiger charge is -2.27. The Labute approximate surface area is 458 Å². The number of halogens is 4. The van der Waals surface area contributed by atoms with Crippen LogP contribution in [0.15, 0.2) is 82.6 Å². The van der Waals surface area contributed by atoms with Gasteiger partial charge in [-0.1, -0.05) is 46.4 Å². The van der Waals surface area contributed by atoms with Crippen molar-refractivity contribution in [3.05, 3.63) is 115 Å². The van der Waals surface area contributed by atoms with Crippen molar-refractivity contribution in [2.45, 2.75) is 59.4 Å². The second-order valence-electron chi connectivity index (χ2n) is 18.0. The minimum atomic E-state index is -3.82. The molecule has 2 amide bonds. The zero-order valence-electron chi connectivity index (χ0n) is 42.0. The number of fused-ring (bicyclic) bond motifs is 2. The molecule has 0 spiro atoms. The summed E-state index contributed by atoms with van der Waals surface area (Å²) in [4.78, 5) is 28.7. The third-order valence-electron chi connectivity index (χ3n) is 12.3. The Balaban J connectivity index is 0.739. The summed E-state index contributed by atoms with van der Waals surface area (Å²) in [5, 5.41) is 17.4. The SMILES string of the molecule is CN(C)C1Cc2c(Cl)cc(Cl)cc2[C@@H]1Oc1ccc(S(=O)(=O)NCCOCCOCCNC(=O)C[C@@H](O)C(=O)NCCOCCOCCNS(=O)(=O)c2ccc(O[C@H]3c4cc(Cl)cc(Cl)c4C[C@@H]3N(C)C)cc2)cc1. The van der Waals surface area contributed by atoms with Crippen LogP contribution in [0.2, 0.25) is 20.1 Å². The summed E-state index contributed by atoms with van der Waals surface area (Å²) in [5.74, 6) is -0.305. The monoisotopic (exact) mass is 1160 g/mol. The molecule has 0 fully saturated rings. The summed E-state index contributed by atoms with van der Waals surface area (Å²) in [7, 11) is 0.196. The molecule has 5 N–H and O–H groups in total. The summed E-state index contributed by atoms with van der Waals surface area (Å²) < 4.78 is 91.1. The maximum Gasteiger partial charge on any atom is 0.249 e. The molecule has 0 bridgehead atoms. The maximum atomic E-state index is 12.9. The summed E-state index contributed by atoms with van der Waals surface area (Å²) in [5.41, 5.74) is 3.75. The Kier molecular flexibility index (Phi) is 23.1. The Hall–Kier alpha value is -3.88. The van der Waals surface area contributed by atoms with Gasteiger partial charge in [-0.05, 0) is 125 Å². The number of aliphatic hydroxyl groups is 1. The molecule has 6 rings (SSSR count). The number of benzene rings is 4. The lowest BCUT2D eigenvalue weighted by Crippen LogP contribution is -2.40. The van der Waals surface area contributed by atoms with Crippen molar-refractivity contribution < 1.29 is 60.0 Å². The van der Waals surface area contributed by atoms with Crippen molar-refractivity contribution in [2.75, 3.05) is 107 Å². The number of hydrogen-bond donors (Lipinski definition) is 5. The van der Waals surface area contributed by atoms with Crippen LogP contribution < -0.4 is 29.6 Å². The lowest BCUT2D eigenvalue weighted by molar-refractivity contribution is -0.134. The standard InChI is InChI=1S/C50H64Cl4N6O13S2/c1-59(2)44-29-38-40(25-32(51)27-42(38)53)48(44)72-34-5-9-36(10-6-34)74(64,65)57-15-19-70-23-21-68-17-13-55-47(62)31-46(61)50(63)56-14-18-69-22-24-71-20-16-58-75(66,67)37-11-7-35(8-12-37)73-49-41-26-33(52)28-43(54)39(41)30-45(49)60(3)4/h5-12,25-28,44-46,48-49,57-58,61H,13-24,29-31H2,1-4H3,(H,55,62)(H,56,63)/t44?,45-,46+,48-,49-/m0/s1. The van der Waals surface area contributed by atoms with Crippen molar-refractivity contribution in [2.24, 2.45) is 0 Å². The highest BCUT2D eigenvalue weighted by Gasteiger charge is 2.39. The van der Waals surface area contributed by atoms with Gasteiger partial charge in [-0.2, -0.15) is 0 Å². The van der Waals surface area contributed by atoms with Crippen LogP contribution in [0.5, 0.6) is 11.5 Å². The fourth-order valence-corrected chi connectivity index (χ4v) is 11.6. The number of sulfonamides is 2. The van der Waals surface area contributed by atoms with E-state index in [1.807, 2.05) is 40.3 Å². The number of hydrogen-bond acceptors (Lipinski definition) is 15. The first-order chi connectivity index (χ1) is 35.7. The molecular formula is C50H64Cl4N6O13S2. The van der Waals surface area contributed by atoms with E-state index < -0.39 is 44.4 Å². The van der Waals surface area contributed by atoms with Gasteiger partial charge in [0.25, 0.3) is 0 Å². The molecule has 2 aliphatic carbocycles. The van der Waals surface area contributed by atoms with Gasteiger partial charge in [-0.25, -0.2) is 26.3 Å². The van der Waals surface area contributed by atoms with Gasteiger partial charge in [0.2, 0.25) is 31.9 Å². The van der Waals surface area contributed by atoms with Crippen LogP contribution in [0.4, 0.5) is 0 Å². The summed E-state index contributed by atoms with van der Waals surface area (Å²) in [6.07, 6.45) is -1.37. The highest BCUT2D eigenvalue weighted by molar-refractivity contribution is 7.89. The van der Waals surface area contributed by atoms with Crippen molar-refractivity contribution in [1.82, 2.24) is 29.9 Å². The first-order valence-corrected chi connectivity index (χ1v) is 28.6. The van der Waals surface area contributed by atoms with Crippen molar-refractivity contribution in [3.8, 4) is 11.5 Å². The fourth-order valence-electron chi connectivity index (χ4n) is 8.39. The topological polar surface area (TPSA) is 233 Å². The molecule has 412 valence electrons. The van der Waals surface area contributed by atoms with Gasteiger partial charge in [0, 0.05) is 57.4 Å². The quantitative estimate of drug-likeness (QED) is 0.0426. The predicted molar refractivity (Wildman–Crippen MR) is 285 cm³/mol. The summed E-state index contributed by atoms with van der Waals surface area (Å²) in [6.45, 7) is 1.34. The number of amides is 2. The number of aliphatic hydroxyl groups excluding tert-OH is 1. The van der Waals surface area contributed by atoms with E-state index in [4.69, 9.17) is 74.8 Å². The molecule has 0 aliphatic heterocycles. The number of nitrogens with one attached hydrogen (secondary N) is 4. The normalized spacial score (nSPS) is 17.7. The molecule has 19 nitrogen and oxygen atoms in total. The Morgan fingerprint density at radius 1 is 0.573 bits per heavy atom. The highest BCUT2D eigenvalue weighted by atomic mass is 35.5. The van der Waals surface area contributed by atoms with Gasteiger partial charge in [0.05, 0.1) is 81.2 Å².